The molecular formula is C16H22OS. The fraction of sp³-hybridized carbons (Fsp3) is 0.500. The van der Waals surface area contributed by atoms with Gasteiger partial charge in [0, 0.05) is 17.8 Å². The molecule has 0 amide bonds. The van der Waals surface area contributed by atoms with E-state index < -0.39 is 0 Å². The van der Waals surface area contributed by atoms with Crippen LogP contribution in [0.4, 0.5) is 0 Å². The summed E-state index contributed by atoms with van der Waals surface area (Å²) in [4.78, 5) is 1.37. The molecule has 0 fully saturated rings. The van der Waals surface area contributed by atoms with E-state index in [4.69, 9.17) is 4.74 Å². The van der Waals surface area contributed by atoms with Crippen molar-refractivity contribution in [3.05, 3.63) is 41.5 Å². The molecule has 1 aliphatic rings. The Hall–Kier alpha value is -0.730. The highest BCUT2D eigenvalue weighted by Gasteiger charge is 2.20. The first-order valence-corrected chi connectivity index (χ1v) is 7.55. The van der Waals surface area contributed by atoms with Crippen molar-refractivity contribution in [3.63, 3.8) is 0 Å². The topological polar surface area (TPSA) is 9.23 Å². The van der Waals surface area contributed by atoms with Gasteiger partial charge in [-0.25, -0.2) is 0 Å². The Bertz CT molecular complexity index is 408. The highest BCUT2D eigenvalue weighted by atomic mass is 32.2. The number of benzene rings is 1. The number of thioether (sulfide) groups is 1. The quantitative estimate of drug-likeness (QED) is 0.585. The molecule has 2 heteroatoms. The maximum absolute atomic E-state index is 5.51. The molecule has 0 saturated carbocycles. The van der Waals surface area contributed by atoms with E-state index in [-0.39, 0.29) is 0 Å². The van der Waals surface area contributed by atoms with Gasteiger partial charge in [-0.1, -0.05) is 29.3 Å². The molecule has 0 aliphatic heterocycles. The average molecular weight is 262 g/mol. The van der Waals surface area contributed by atoms with E-state index >= 15 is 0 Å². The summed E-state index contributed by atoms with van der Waals surface area (Å²) in [7, 11) is 1.83. The summed E-state index contributed by atoms with van der Waals surface area (Å²) >= 11 is 1.95. The van der Waals surface area contributed by atoms with E-state index in [1.807, 2.05) is 18.9 Å². The summed E-state index contributed by atoms with van der Waals surface area (Å²) in [5, 5.41) is 0. The second-order valence-electron chi connectivity index (χ2n) is 5.19. The van der Waals surface area contributed by atoms with E-state index in [1.54, 1.807) is 0 Å². The van der Waals surface area contributed by atoms with Crippen LogP contribution in [0.3, 0.4) is 0 Å². The molecule has 2 rings (SSSR count). The average Bonchev–Trinajstić information content (AvgIpc) is 2.37. The minimum absolute atomic E-state index is 0.415. The van der Waals surface area contributed by atoms with Gasteiger partial charge in [0.05, 0.1) is 6.10 Å². The van der Waals surface area contributed by atoms with Crippen LogP contribution >= 0.6 is 11.8 Å². The van der Waals surface area contributed by atoms with Gasteiger partial charge < -0.3 is 4.74 Å². The van der Waals surface area contributed by atoms with Gasteiger partial charge in [0.15, 0.2) is 0 Å². The third kappa shape index (κ3) is 3.89. The lowest BCUT2D eigenvalue weighted by molar-refractivity contribution is 0.0829. The monoisotopic (exact) mass is 262 g/mol. The molecule has 2 atom stereocenters. The Morgan fingerprint density at radius 1 is 1.22 bits per heavy atom. The molecule has 0 unspecified atom stereocenters. The third-order valence-corrected chi connectivity index (χ3v) is 4.65. The number of ether oxygens (including phenoxy) is 1. The van der Waals surface area contributed by atoms with Crippen molar-refractivity contribution in [1.29, 1.82) is 0 Å². The molecule has 1 aromatic carbocycles. The Labute approximate surface area is 115 Å². The van der Waals surface area contributed by atoms with Crippen molar-refractivity contribution in [2.45, 2.75) is 37.7 Å². The summed E-state index contributed by atoms with van der Waals surface area (Å²) in [5.41, 5.74) is 2.80. The van der Waals surface area contributed by atoms with Crippen LogP contribution in [0.2, 0.25) is 0 Å². The molecule has 1 aromatic rings. The fourth-order valence-corrected chi connectivity index (χ4v) is 3.42. The number of aryl methyl sites for hydroxylation is 1. The van der Waals surface area contributed by atoms with Crippen molar-refractivity contribution >= 4 is 11.8 Å². The lowest BCUT2D eigenvalue weighted by atomic mass is 9.90. The zero-order valence-electron chi connectivity index (χ0n) is 11.5. The summed E-state index contributed by atoms with van der Waals surface area (Å²) in [6.07, 6.45) is 5.10. The highest BCUT2D eigenvalue weighted by molar-refractivity contribution is 7.99. The smallest absolute Gasteiger partial charge is 0.0614 e. The largest absolute Gasteiger partial charge is 0.381 e. The van der Waals surface area contributed by atoms with Crippen molar-refractivity contribution in [1.82, 2.24) is 0 Å². The van der Waals surface area contributed by atoms with Crippen molar-refractivity contribution in [2.75, 3.05) is 12.9 Å². The molecular weight excluding hydrogens is 240 g/mol. The number of hydrogen-bond acceptors (Lipinski definition) is 2. The number of rotatable bonds is 4. The SMILES string of the molecule is CO[C@@H]1CC(C)=C[C@@H](CSc2ccc(C)cc2)C1. The van der Waals surface area contributed by atoms with Gasteiger partial charge in [0.25, 0.3) is 0 Å². The van der Waals surface area contributed by atoms with Gasteiger partial charge >= 0.3 is 0 Å². The normalized spacial score (nSPS) is 23.8. The second kappa shape index (κ2) is 6.44. The fourth-order valence-electron chi connectivity index (χ4n) is 2.45. The maximum Gasteiger partial charge on any atom is 0.0614 e. The van der Waals surface area contributed by atoms with Gasteiger partial charge in [-0.05, 0) is 44.7 Å². The molecule has 0 heterocycles. The number of hydrogen-bond donors (Lipinski definition) is 0. The van der Waals surface area contributed by atoms with Gasteiger partial charge in [-0.3, -0.25) is 0 Å². The molecule has 1 aliphatic carbocycles. The number of allylic oxidation sites excluding steroid dienone is 1. The number of methoxy groups -OCH3 is 1. The minimum Gasteiger partial charge on any atom is -0.381 e. The molecule has 0 saturated heterocycles. The zero-order valence-corrected chi connectivity index (χ0v) is 12.3. The van der Waals surface area contributed by atoms with E-state index in [0.29, 0.717) is 12.0 Å². The molecule has 0 aromatic heterocycles. The van der Waals surface area contributed by atoms with Crippen LogP contribution in [0.15, 0.2) is 40.8 Å². The van der Waals surface area contributed by atoms with Crippen molar-refractivity contribution in [2.24, 2.45) is 5.92 Å². The van der Waals surface area contributed by atoms with Gasteiger partial charge in [-0.15, -0.1) is 11.8 Å². The van der Waals surface area contributed by atoms with Crippen molar-refractivity contribution < 1.29 is 4.74 Å². The first kappa shape index (κ1) is 13.7. The Balaban J connectivity index is 1.90. The van der Waals surface area contributed by atoms with Crippen LogP contribution in [0.5, 0.6) is 0 Å². The molecule has 0 spiro atoms. The first-order valence-electron chi connectivity index (χ1n) is 6.57. The molecule has 0 N–H and O–H groups in total. The van der Waals surface area contributed by atoms with Crippen LogP contribution in [0, 0.1) is 12.8 Å². The molecule has 18 heavy (non-hydrogen) atoms. The molecule has 98 valence electrons. The summed E-state index contributed by atoms with van der Waals surface area (Å²) in [6.45, 7) is 4.35. The van der Waals surface area contributed by atoms with Crippen LogP contribution in [0.1, 0.15) is 25.3 Å². The lowest BCUT2D eigenvalue weighted by Crippen LogP contribution is -2.21. The Morgan fingerprint density at radius 3 is 2.61 bits per heavy atom. The first-order chi connectivity index (χ1) is 8.67. The van der Waals surface area contributed by atoms with Crippen molar-refractivity contribution in [3.8, 4) is 0 Å². The summed E-state index contributed by atoms with van der Waals surface area (Å²) in [5.74, 6) is 1.80. The summed E-state index contributed by atoms with van der Waals surface area (Å²) in [6, 6.07) is 8.80. The lowest BCUT2D eigenvalue weighted by Gasteiger charge is -2.26. The minimum atomic E-state index is 0.415. The summed E-state index contributed by atoms with van der Waals surface area (Å²) < 4.78 is 5.51. The Morgan fingerprint density at radius 2 is 1.94 bits per heavy atom. The van der Waals surface area contributed by atoms with E-state index in [0.717, 1.165) is 18.6 Å². The van der Waals surface area contributed by atoms with Crippen LogP contribution in [-0.2, 0) is 4.74 Å². The second-order valence-corrected chi connectivity index (χ2v) is 6.29. The van der Waals surface area contributed by atoms with Gasteiger partial charge in [-0.2, -0.15) is 0 Å². The Kier molecular flexibility index (Phi) is 4.90. The third-order valence-electron chi connectivity index (χ3n) is 3.45. The molecule has 1 nitrogen and oxygen atoms in total. The molecule has 0 radical (unpaired) electrons. The predicted octanol–water partition coefficient (Wildman–Crippen LogP) is 4.46. The van der Waals surface area contributed by atoms with E-state index in [2.05, 4.69) is 44.2 Å². The van der Waals surface area contributed by atoms with Gasteiger partial charge in [0.2, 0.25) is 0 Å². The predicted molar refractivity (Wildman–Crippen MR) is 79.2 cm³/mol. The van der Waals surface area contributed by atoms with Crippen LogP contribution in [-0.4, -0.2) is 19.0 Å². The zero-order chi connectivity index (χ0) is 13.0. The van der Waals surface area contributed by atoms with E-state index in [9.17, 15) is 0 Å². The van der Waals surface area contributed by atoms with Gasteiger partial charge in [0.1, 0.15) is 0 Å². The van der Waals surface area contributed by atoms with Crippen LogP contribution in [0.25, 0.3) is 0 Å². The maximum atomic E-state index is 5.51. The highest BCUT2D eigenvalue weighted by Crippen LogP contribution is 2.30. The molecule has 0 bridgehead atoms. The van der Waals surface area contributed by atoms with E-state index in [1.165, 1.54) is 16.0 Å². The standard InChI is InChI=1S/C16H22OS/c1-12-4-6-16(7-5-12)18-11-14-8-13(2)9-15(10-14)17-3/h4-8,14-15H,9-11H2,1-3H3/t14-,15-/m1/s1. The van der Waals surface area contributed by atoms with Crippen LogP contribution < -0.4 is 0 Å².